The maximum Gasteiger partial charge on any atom is 0.334 e. The molecule has 202 valence electrons. The van der Waals surface area contributed by atoms with Crippen LogP contribution in [0.25, 0.3) is 0 Å². The van der Waals surface area contributed by atoms with E-state index in [1.807, 2.05) is 0 Å². The predicted octanol–water partition coefficient (Wildman–Crippen LogP) is 4.10. The zero-order chi connectivity index (χ0) is 28.6. The summed E-state index contributed by atoms with van der Waals surface area (Å²) in [6.07, 6.45) is 1.36. The minimum atomic E-state index is -1.81. The van der Waals surface area contributed by atoms with Gasteiger partial charge in [0.15, 0.2) is 0 Å². The second kappa shape index (κ2) is 10.1. The van der Waals surface area contributed by atoms with Crippen molar-refractivity contribution in [1.29, 1.82) is 0 Å². The van der Waals surface area contributed by atoms with E-state index < -0.39 is 46.1 Å². The molecule has 3 aromatic rings. The molecule has 3 aromatic carbocycles. The van der Waals surface area contributed by atoms with Crippen molar-refractivity contribution >= 4 is 40.9 Å². The number of benzene rings is 3. The zero-order valence-corrected chi connectivity index (χ0v) is 21.4. The Kier molecular flexibility index (Phi) is 6.64. The van der Waals surface area contributed by atoms with Gasteiger partial charge in [-0.05, 0) is 29.3 Å². The number of para-hydroxylation sites is 2. The largest absolute Gasteiger partial charge is 0.469 e. The van der Waals surface area contributed by atoms with Crippen molar-refractivity contribution in [3.63, 3.8) is 0 Å². The van der Waals surface area contributed by atoms with Gasteiger partial charge in [0.25, 0.3) is 11.6 Å². The number of methoxy groups -OCH3 is 2. The lowest BCUT2D eigenvalue weighted by molar-refractivity contribution is -0.384. The van der Waals surface area contributed by atoms with Gasteiger partial charge in [0.2, 0.25) is 0 Å². The number of ether oxygens (including phenoxy) is 2. The van der Waals surface area contributed by atoms with Gasteiger partial charge in [-0.3, -0.25) is 19.7 Å². The minimum absolute atomic E-state index is 0.0137. The van der Waals surface area contributed by atoms with Crippen LogP contribution in [0.15, 0.2) is 90.5 Å². The third kappa shape index (κ3) is 3.99. The van der Waals surface area contributed by atoms with Gasteiger partial charge in [-0.25, -0.2) is 14.5 Å². The normalized spacial score (nSPS) is 21.0. The Bertz CT molecular complexity index is 1570. The van der Waals surface area contributed by atoms with Crippen molar-refractivity contribution in [3.05, 3.63) is 112 Å². The molecule has 11 heteroatoms. The summed E-state index contributed by atoms with van der Waals surface area (Å²) in [5.41, 5.74) is -0.658. The molecule has 3 atom stereocenters. The topological polar surface area (TPSA) is 145 Å². The van der Waals surface area contributed by atoms with Crippen LogP contribution in [0.4, 0.5) is 21.9 Å². The highest BCUT2D eigenvalue weighted by Crippen LogP contribution is 2.58. The molecule has 0 radical (unpaired) electrons. The number of esters is 2. The number of nitrogens with one attached hydrogen (secondary N) is 1. The Labute approximate surface area is 228 Å². The lowest BCUT2D eigenvalue weighted by Crippen LogP contribution is -2.49. The Morgan fingerprint density at radius 1 is 0.925 bits per heavy atom. The molecule has 0 aromatic heterocycles. The van der Waals surface area contributed by atoms with E-state index in [9.17, 15) is 29.3 Å². The first-order chi connectivity index (χ1) is 19.2. The first-order valence-corrected chi connectivity index (χ1v) is 12.2. The van der Waals surface area contributed by atoms with Crippen molar-refractivity contribution in [1.82, 2.24) is 0 Å². The average Bonchev–Trinajstić information content (AvgIpc) is 3.46. The third-order valence-electron chi connectivity index (χ3n) is 7.26. The van der Waals surface area contributed by atoms with Crippen molar-refractivity contribution in [3.8, 4) is 0 Å². The average molecular weight is 542 g/mol. The number of hydrogen-bond acceptors (Lipinski definition) is 8. The van der Waals surface area contributed by atoms with Crippen LogP contribution >= 0.6 is 0 Å². The van der Waals surface area contributed by atoms with E-state index in [4.69, 9.17) is 9.47 Å². The highest BCUT2D eigenvalue weighted by atomic mass is 16.6. The molecule has 1 aliphatic carbocycles. The summed E-state index contributed by atoms with van der Waals surface area (Å²) in [5.74, 6) is -4.78. The van der Waals surface area contributed by atoms with E-state index in [0.717, 1.165) is 19.1 Å². The smallest absolute Gasteiger partial charge is 0.334 e. The Hall–Kier alpha value is -5.32. The van der Waals surface area contributed by atoms with Gasteiger partial charge in [0, 0.05) is 29.3 Å². The number of carbonyl (C=O) groups excluding carboxylic acids is 4. The number of fused-ring (bicyclic) bond motifs is 2. The van der Waals surface area contributed by atoms with Gasteiger partial charge in [0.1, 0.15) is 5.41 Å². The van der Waals surface area contributed by atoms with Crippen molar-refractivity contribution in [2.45, 2.75) is 11.3 Å². The number of nitro benzene ring substituents is 1. The number of rotatable bonds is 5. The Morgan fingerprint density at radius 2 is 1.57 bits per heavy atom. The summed E-state index contributed by atoms with van der Waals surface area (Å²) < 4.78 is 10.2. The summed E-state index contributed by atoms with van der Waals surface area (Å²) in [5, 5.41) is 13.9. The number of amides is 3. The lowest BCUT2D eigenvalue weighted by atomic mass is 9.69. The molecule has 11 nitrogen and oxygen atoms in total. The van der Waals surface area contributed by atoms with E-state index in [1.165, 1.54) is 30.3 Å². The molecule has 1 heterocycles. The third-order valence-corrected chi connectivity index (χ3v) is 7.26. The summed E-state index contributed by atoms with van der Waals surface area (Å²) in [6.45, 7) is 0. The van der Waals surface area contributed by atoms with Gasteiger partial charge in [0.05, 0.1) is 30.7 Å². The molecule has 1 aliphatic heterocycles. The molecule has 40 heavy (non-hydrogen) atoms. The molecule has 1 spiro atoms. The maximum atomic E-state index is 14.4. The Morgan fingerprint density at radius 3 is 2.20 bits per heavy atom. The number of nitrogens with zero attached hydrogens (tertiary/aromatic N) is 2. The molecule has 0 saturated carbocycles. The summed E-state index contributed by atoms with van der Waals surface area (Å²) in [6, 6.07) is 19.6. The first-order valence-electron chi connectivity index (χ1n) is 12.2. The fourth-order valence-electron chi connectivity index (χ4n) is 5.57. The minimum Gasteiger partial charge on any atom is -0.469 e. The molecule has 5 rings (SSSR count). The van der Waals surface area contributed by atoms with Crippen LogP contribution in [-0.4, -0.2) is 43.0 Å². The summed E-state index contributed by atoms with van der Waals surface area (Å²) in [7, 11) is 2.32. The number of hydrogen-bond donors (Lipinski definition) is 1. The number of carbonyl (C=O) groups is 4. The monoisotopic (exact) mass is 541 g/mol. The number of urea groups is 1. The number of non-ortho nitro benzene ring substituents is 1. The predicted molar refractivity (Wildman–Crippen MR) is 143 cm³/mol. The van der Waals surface area contributed by atoms with Gasteiger partial charge < -0.3 is 14.8 Å². The molecular weight excluding hydrogens is 518 g/mol. The van der Waals surface area contributed by atoms with Crippen molar-refractivity contribution < 1.29 is 33.6 Å². The summed E-state index contributed by atoms with van der Waals surface area (Å²) >= 11 is 0. The first kappa shape index (κ1) is 26.3. The fourth-order valence-corrected chi connectivity index (χ4v) is 5.57. The van der Waals surface area contributed by atoms with Gasteiger partial charge in [-0.15, -0.1) is 0 Å². The molecule has 1 N–H and O–H groups in total. The highest BCUT2D eigenvalue weighted by Gasteiger charge is 2.65. The standard InChI is InChI=1S/C29H23N3O8/c1-39-25(33)20-16-29(24(26(34)40-2)23(20)17-12-14-19(15-13-17)32(37)38)21-10-6-7-11-22(21)31(27(29)35)28(36)30-18-8-4-3-5-9-18/h3-16,23-24H,1-2H3,(H,30,36)/t23-,24-,29-/m1/s1. The second-order valence-electron chi connectivity index (χ2n) is 9.24. The van der Waals surface area contributed by atoms with Crippen LogP contribution in [0, 0.1) is 16.0 Å². The van der Waals surface area contributed by atoms with E-state index in [0.29, 0.717) is 16.8 Å². The molecule has 3 amide bonds. The molecule has 0 unspecified atom stereocenters. The van der Waals surface area contributed by atoms with Crippen LogP contribution in [0.5, 0.6) is 0 Å². The van der Waals surface area contributed by atoms with Crippen LogP contribution in [0.3, 0.4) is 0 Å². The van der Waals surface area contributed by atoms with Gasteiger partial charge in [-0.1, -0.05) is 54.6 Å². The Balaban J connectivity index is 1.70. The lowest BCUT2D eigenvalue weighted by Gasteiger charge is -2.31. The molecule has 2 aliphatic rings. The molecular formula is C29H23N3O8. The molecule has 0 fully saturated rings. The van der Waals surface area contributed by atoms with Crippen LogP contribution in [-0.2, 0) is 29.3 Å². The quantitative estimate of drug-likeness (QED) is 0.289. The fraction of sp³-hybridized carbons (Fsp3) is 0.172. The maximum absolute atomic E-state index is 14.4. The number of nitro groups is 1. The van der Waals surface area contributed by atoms with E-state index >= 15 is 0 Å². The van der Waals surface area contributed by atoms with Crippen molar-refractivity contribution in [2.75, 3.05) is 24.4 Å². The van der Waals surface area contributed by atoms with Crippen LogP contribution < -0.4 is 10.2 Å². The molecule has 0 saturated heterocycles. The number of imide groups is 1. The van der Waals surface area contributed by atoms with Gasteiger partial charge in [-0.2, -0.15) is 0 Å². The molecule has 0 bridgehead atoms. The number of anilines is 2. The zero-order valence-electron chi connectivity index (χ0n) is 21.4. The van der Waals surface area contributed by atoms with E-state index in [1.54, 1.807) is 54.6 Å². The van der Waals surface area contributed by atoms with Crippen LogP contribution in [0.1, 0.15) is 17.0 Å². The van der Waals surface area contributed by atoms with Crippen molar-refractivity contribution in [2.24, 2.45) is 5.92 Å². The van der Waals surface area contributed by atoms with E-state index in [-0.39, 0.29) is 16.9 Å². The SMILES string of the molecule is COC(=O)C1=C[C@]2(C(=O)N(C(=O)Nc3ccccc3)c3ccccc32)[C@@H](C(=O)OC)[C@@H]1c1ccc([N+](=O)[O-])cc1. The van der Waals surface area contributed by atoms with Crippen LogP contribution in [0.2, 0.25) is 0 Å². The van der Waals surface area contributed by atoms with Gasteiger partial charge >= 0.3 is 18.0 Å². The highest BCUT2D eigenvalue weighted by molar-refractivity contribution is 6.27. The summed E-state index contributed by atoms with van der Waals surface area (Å²) in [4.78, 5) is 66.1. The van der Waals surface area contributed by atoms with E-state index in [2.05, 4.69) is 5.32 Å². The second-order valence-corrected chi connectivity index (χ2v) is 9.24.